The van der Waals surface area contributed by atoms with Gasteiger partial charge in [-0.2, -0.15) is 0 Å². The van der Waals surface area contributed by atoms with Crippen molar-refractivity contribution in [2.24, 2.45) is 0 Å². The van der Waals surface area contributed by atoms with Gasteiger partial charge in [0.1, 0.15) is 5.75 Å². The highest BCUT2D eigenvalue weighted by molar-refractivity contribution is 5.98. The Morgan fingerprint density at radius 2 is 1.78 bits per heavy atom. The van der Waals surface area contributed by atoms with E-state index in [-0.39, 0.29) is 17.5 Å². The maximum Gasteiger partial charge on any atom is 0.320 e. The van der Waals surface area contributed by atoms with Gasteiger partial charge in [-0.3, -0.25) is 4.79 Å². The molecule has 0 radical (unpaired) electrons. The zero-order valence-electron chi connectivity index (χ0n) is 15.9. The number of hydrogen-bond acceptors (Lipinski definition) is 3. The van der Waals surface area contributed by atoms with Crippen LogP contribution in [0.3, 0.4) is 0 Å². The molecule has 0 aliphatic heterocycles. The maximum absolute atomic E-state index is 12.7. The number of methoxy groups -OCH3 is 1. The van der Waals surface area contributed by atoms with Gasteiger partial charge in [-0.1, -0.05) is 30.3 Å². The fourth-order valence-electron chi connectivity index (χ4n) is 3.34. The number of rotatable bonds is 5. The molecule has 1 aliphatic rings. The number of carbonyl (C=O) groups excluding carboxylic acids is 2. The van der Waals surface area contributed by atoms with E-state index in [2.05, 4.69) is 10.6 Å². The molecule has 142 valence electrons. The summed E-state index contributed by atoms with van der Waals surface area (Å²) in [5.74, 6) is 0.365. The molecule has 3 rings (SSSR count). The third-order valence-electron chi connectivity index (χ3n) is 4.99. The largest absolute Gasteiger partial charge is 0.495 e. The lowest BCUT2D eigenvalue weighted by Crippen LogP contribution is -2.52. The minimum Gasteiger partial charge on any atom is -0.495 e. The van der Waals surface area contributed by atoms with Crippen LogP contribution < -0.4 is 15.4 Å². The van der Waals surface area contributed by atoms with Crippen LogP contribution in [-0.4, -0.2) is 38.0 Å². The Balaban J connectivity index is 1.79. The summed E-state index contributed by atoms with van der Waals surface area (Å²) in [6.45, 7) is 0. The van der Waals surface area contributed by atoms with E-state index < -0.39 is 0 Å². The van der Waals surface area contributed by atoms with E-state index in [1.165, 1.54) is 12.0 Å². The smallest absolute Gasteiger partial charge is 0.320 e. The second-order valence-corrected chi connectivity index (χ2v) is 7.00. The second kappa shape index (κ2) is 7.70. The summed E-state index contributed by atoms with van der Waals surface area (Å²) in [4.78, 5) is 26.4. The molecule has 27 heavy (non-hydrogen) atoms. The van der Waals surface area contributed by atoms with Crippen LogP contribution in [0.2, 0.25) is 0 Å². The number of benzene rings is 2. The SMILES string of the molecule is COc1ccc(C(=O)N(C)C)cc1NC(=O)NC1(c2ccccc2)CCC1. The Kier molecular flexibility index (Phi) is 5.35. The first-order valence-corrected chi connectivity index (χ1v) is 8.99. The lowest BCUT2D eigenvalue weighted by Gasteiger charge is -2.43. The van der Waals surface area contributed by atoms with Gasteiger partial charge in [-0.15, -0.1) is 0 Å². The monoisotopic (exact) mass is 367 g/mol. The van der Waals surface area contributed by atoms with Crippen LogP contribution in [0.4, 0.5) is 10.5 Å². The fraction of sp³-hybridized carbons (Fsp3) is 0.333. The first-order valence-electron chi connectivity index (χ1n) is 8.99. The summed E-state index contributed by atoms with van der Waals surface area (Å²) in [7, 11) is 4.91. The summed E-state index contributed by atoms with van der Waals surface area (Å²) < 4.78 is 5.33. The molecule has 3 amide bonds. The average molecular weight is 367 g/mol. The van der Waals surface area contributed by atoms with E-state index in [4.69, 9.17) is 4.74 Å². The molecule has 6 heteroatoms. The molecule has 0 atom stereocenters. The zero-order chi connectivity index (χ0) is 19.4. The van der Waals surface area contributed by atoms with Crippen molar-refractivity contribution in [3.8, 4) is 5.75 Å². The van der Waals surface area contributed by atoms with Crippen molar-refractivity contribution >= 4 is 17.6 Å². The van der Waals surface area contributed by atoms with Crippen LogP contribution in [0.1, 0.15) is 35.2 Å². The summed E-state index contributed by atoms with van der Waals surface area (Å²) >= 11 is 0. The van der Waals surface area contributed by atoms with Gasteiger partial charge in [0.15, 0.2) is 0 Å². The highest BCUT2D eigenvalue weighted by atomic mass is 16.5. The summed E-state index contributed by atoms with van der Waals surface area (Å²) in [6, 6.07) is 14.7. The molecule has 0 heterocycles. The van der Waals surface area contributed by atoms with Crippen molar-refractivity contribution in [2.45, 2.75) is 24.8 Å². The first kappa shape index (κ1) is 18.8. The molecule has 2 aromatic carbocycles. The molecule has 2 N–H and O–H groups in total. The van der Waals surface area contributed by atoms with Gasteiger partial charge in [0.25, 0.3) is 5.91 Å². The Hall–Kier alpha value is -3.02. The molecule has 0 spiro atoms. The lowest BCUT2D eigenvalue weighted by atomic mass is 9.72. The highest BCUT2D eigenvalue weighted by Crippen LogP contribution is 2.41. The van der Waals surface area contributed by atoms with Crippen molar-refractivity contribution in [3.63, 3.8) is 0 Å². The van der Waals surface area contributed by atoms with Gasteiger partial charge in [-0.05, 0) is 43.0 Å². The summed E-state index contributed by atoms with van der Waals surface area (Å²) in [5, 5.41) is 5.96. The number of amides is 3. The van der Waals surface area contributed by atoms with Gasteiger partial charge >= 0.3 is 6.03 Å². The Morgan fingerprint density at radius 3 is 2.33 bits per heavy atom. The molecule has 0 bridgehead atoms. The quantitative estimate of drug-likeness (QED) is 0.848. The lowest BCUT2D eigenvalue weighted by molar-refractivity contribution is 0.0827. The van der Waals surface area contributed by atoms with Crippen molar-refractivity contribution in [2.75, 3.05) is 26.5 Å². The molecule has 1 aliphatic carbocycles. The molecule has 1 fully saturated rings. The Labute approximate surface area is 159 Å². The van der Waals surface area contributed by atoms with Crippen LogP contribution in [-0.2, 0) is 5.54 Å². The Morgan fingerprint density at radius 1 is 1.07 bits per heavy atom. The normalized spacial score (nSPS) is 14.6. The van der Waals surface area contributed by atoms with Gasteiger partial charge in [0, 0.05) is 19.7 Å². The van der Waals surface area contributed by atoms with E-state index >= 15 is 0 Å². The summed E-state index contributed by atoms with van der Waals surface area (Å²) in [5.41, 5.74) is 1.72. The molecule has 6 nitrogen and oxygen atoms in total. The van der Waals surface area contributed by atoms with Gasteiger partial charge in [0.05, 0.1) is 18.3 Å². The van der Waals surface area contributed by atoms with E-state index in [0.717, 1.165) is 24.8 Å². The second-order valence-electron chi connectivity index (χ2n) is 7.00. The molecule has 0 saturated heterocycles. The van der Waals surface area contributed by atoms with Crippen LogP contribution in [0, 0.1) is 0 Å². The third kappa shape index (κ3) is 3.89. The van der Waals surface area contributed by atoms with Crippen LogP contribution in [0.15, 0.2) is 48.5 Å². The van der Waals surface area contributed by atoms with E-state index in [0.29, 0.717) is 17.0 Å². The van der Waals surface area contributed by atoms with Crippen LogP contribution in [0.25, 0.3) is 0 Å². The highest BCUT2D eigenvalue weighted by Gasteiger charge is 2.40. The van der Waals surface area contributed by atoms with Crippen molar-refractivity contribution in [1.29, 1.82) is 0 Å². The number of urea groups is 1. The zero-order valence-corrected chi connectivity index (χ0v) is 15.9. The third-order valence-corrected chi connectivity index (χ3v) is 4.99. The number of nitrogens with zero attached hydrogens (tertiary/aromatic N) is 1. The van der Waals surface area contributed by atoms with Crippen molar-refractivity contribution in [1.82, 2.24) is 10.2 Å². The van der Waals surface area contributed by atoms with Crippen LogP contribution >= 0.6 is 0 Å². The predicted octanol–water partition coefficient (Wildman–Crippen LogP) is 3.60. The number of hydrogen-bond donors (Lipinski definition) is 2. The average Bonchev–Trinajstić information content (AvgIpc) is 2.64. The molecule has 1 saturated carbocycles. The topological polar surface area (TPSA) is 70.7 Å². The standard InChI is InChI=1S/C21H25N3O3/c1-24(2)19(25)15-10-11-18(27-3)17(14-15)22-20(26)23-21(12-7-13-21)16-8-5-4-6-9-16/h4-6,8-11,14H,7,12-13H2,1-3H3,(H2,22,23,26). The minimum absolute atomic E-state index is 0.138. The Bertz CT molecular complexity index is 830. The number of ether oxygens (including phenoxy) is 1. The van der Waals surface area contributed by atoms with E-state index in [1.807, 2.05) is 30.3 Å². The number of carbonyl (C=O) groups is 2. The minimum atomic E-state index is -0.338. The predicted molar refractivity (Wildman–Crippen MR) is 105 cm³/mol. The fourth-order valence-corrected chi connectivity index (χ4v) is 3.34. The first-order chi connectivity index (χ1) is 12.9. The van der Waals surface area contributed by atoms with Crippen LogP contribution in [0.5, 0.6) is 5.75 Å². The van der Waals surface area contributed by atoms with Crippen molar-refractivity contribution < 1.29 is 14.3 Å². The molecular weight excluding hydrogens is 342 g/mol. The summed E-state index contributed by atoms with van der Waals surface area (Å²) in [6.07, 6.45) is 2.88. The number of anilines is 1. The van der Waals surface area contributed by atoms with E-state index in [9.17, 15) is 9.59 Å². The molecular formula is C21H25N3O3. The number of nitrogens with one attached hydrogen (secondary N) is 2. The van der Waals surface area contributed by atoms with E-state index in [1.54, 1.807) is 32.3 Å². The van der Waals surface area contributed by atoms with Gasteiger partial charge < -0.3 is 20.3 Å². The molecule has 0 unspecified atom stereocenters. The van der Waals surface area contributed by atoms with Gasteiger partial charge in [0.2, 0.25) is 0 Å². The van der Waals surface area contributed by atoms with Gasteiger partial charge in [-0.25, -0.2) is 4.79 Å². The van der Waals surface area contributed by atoms with Crippen molar-refractivity contribution in [3.05, 3.63) is 59.7 Å². The molecule has 2 aromatic rings. The maximum atomic E-state index is 12.7. The molecule has 0 aromatic heterocycles.